The summed E-state index contributed by atoms with van der Waals surface area (Å²) in [4.78, 5) is 26.6. The molecule has 0 spiro atoms. The second-order valence-electron chi connectivity index (χ2n) is 6.59. The van der Waals surface area contributed by atoms with Crippen LogP contribution in [-0.2, 0) is 4.79 Å². The van der Waals surface area contributed by atoms with Crippen molar-refractivity contribution in [3.63, 3.8) is 0 Å². The molecule has 2 N–H and O–H groups in total. The second kappa shape index (κ2) is 5.98. The van der Waals surface area contributed by atoms with Crippen LogP contribution in [0.1, 0.15) is 17.9 Å². The average Bonchev–Trinajstić information content (AvgIpc) is 3.11. The third kappa shape index (κ3) is 2.55. The molecule has 5 rings (SSSR count). The van der Waals surface area contributed by atoms with Gasteiger partial charge in [-0.2, -0.15) is 5.10 Å². The van der Waals surface area contributed by atoms with Gasteiger partial charge in [0, 0.05) is 29.6 Å². The van der Waals surface area contributed by atoms with Crippen molar-refractivity contribution in [2.75, 3.05) is 11.9 Å². The van der Waals surface area contributed by atoms with E-state index < -0.39 is 5.97 Å². The van der Waals surface area contributed by atoms with Gasteiger partial charge in [-0.15, -0.1) is 0 Å². The summed E-state index contributed by atoms with van der Waals surface area (Å²) < 4.78 is 5.41. The van der Waals surface area contributed by atoms with E-state index in [0.717, 1.165) is 16.5 Å². The number of aromatic nitrogens is 2. The molecule has 0 aliphatic carbocycles. The number of fused-ring (bicyclic) bond motifs is 4. The van der Waals surface area contributed by atoms with Gasteiger partial charge in [0.05, 0.1) is 11.1 Å². The van der Waals surface area contributed by atoms with Crippen LogP contribution in [0.2, 0.25) is 0 Å². The van der Waals surface area contributed by atoms with Gasteiger partial charge >= 0.3 is 12.0 Å². The number of ether oxygens (including phenoxy) is 1. The Morgan fingerprint density at radius 2 is 2.00 bits per heavy atom. The summed E-state index contributed by atoms with van der Waals surface area (Å²) in [6, 6.07) is 14.8. The quantitative estimate of drug-likeness (QED) is 0.514. The zero-order valence-electron chi connectivity index (χ0n) is 14.3. The highest BCUT2D eigenvalue weighted by molar-refractivity contribution is 6.00. The standard InChI is InChI=1S/C20H16N4O3/c25-19-15-11-24(10-9-12(15)13-5-2-4-8-17(13)27-19)20(26)21-18-14-6-1-3-7-16(14)22-23-18/h1-8,11-12H,9-10H2,(H2,21,22,23,26). The molecule has 27 heavy (non-hydrogen) atoms. The number of para-hydroxylation sites is 2. The number of nitrogens with zero attached hydrogens (tertiary/aromatic N) is 2. The number of hydrogen-bond donors (Lipinski definition) is 2. The number of H-pyrrole nitrogens is 1. The van der Waals surface area contributed by atoms with Crippen LogP contribution in [0.15, 0.2) is 60.3 Å². The van der Waals surface area contributed by atoms with E-state index in [2.05, 4.69) is 15.5 Å². The molecule has 7 nitrogen and oxygen atoms in total. The second-order valence-corrected chi connectivity index (χ2v) is 6.59. The normalized spacial score (nSPS) is 18.4. The lowest BCUT2D eigenvalue weighted by molar-refractivity contribution is -0.131. The first-order chi connectivity index (χ1) is 13.2. The Balaban J connectivity index is 1.42. The van der Waals surface area contributed by atoms with E-state index in [0.29, 0.717) is 30.1 Å². The zero-order valence-corrected chi connectivity index (χ0v) is 14.3. The third-order valence-electron chi connectivity index (χ3n) is 5.02. The Kier molecular flexibility index (Phi) is 3.46. The highest BCUT2D eigenvalue weighted by Gasteiger charge is 2.36. The van der Waals surface area contributed by atoms with E-state index in [4.69, 9.17) is 4.74 Å². The van der Waals surface area contributed by atoms with Crippen molar-refractivity contribution >= 4 is 28.7 Å². The van der Waals surface area contributed by atoms with Crippen molar-refractivity contribution in [1.82, 2.24) is 15.1 Å². The minimum Gasteiger partial charge on any atom is -0.423 e. The summed E-state index contributed by atoms with van der Waals surface area (Å²) in [5.41, 5.74) is 2.33. The molecule has 2 aromatic carbocycles. The molecule has 3 aromatic rings. The molecule has 0 radical (unpaired) electrons. The molecule has 0 bridgehead atoms. The van der Waals surface area contributed by atoms with Gasteiger partial charge in [0.25, 0.3) is 0 Å². The molecular formula is C20H16N4O3. The Hall–Kier alpha value is -3.61. The highest BCUT2D eigenvalue weighted by Crippen LogP contribution is 2.41. The van der Waals surface area contributed by atoms with Crippen molar-refractivity contribution in [2.45, 2.75) is 12.3 Å². The summed E-state index contributed by atoms with van der Waals surface area (Å²) in [6.45, 7) is 0.504. The number of carbonyl (C=O) groups is 2. The summed E-state index contributed by atoms with van der Waals surface area (Å²) in [5, 5.41) is 10.7. The van der Waals surface area contributed by atoms with Crippen molar-refractivity contribution < 1.29 is 14.3 Å². The predicted octanol–water partition coefficient (Wildman–Crippen LogP) is 3.39. The summed E-state index contributed by atoms with van der Waals surface area (Å²) in [7, 11) is 0. The number of anilines is 1. The van der Waals surface area contributed by atoms with E-state index in [-0.39, 0.29) is 11.9 Å². The lowest BCUT2D eigenvalue weighted by Crippen LogP contribution is -2.38. The fourth-order valence-electron chi connectivity index (χ4n) is 3.68. The van der Waals surface area contributed by atoms with Crippen molar-refractivity contribution in [3.05, 3.63) is 65.9 Å². The molecular weight excluding hydrogens is 344 g/mol. The average molecular weight is 360 g/mol. The first-order valence-corrected chi connectivity index (χ1v) is 8.74. The molecule has 134 valence electrons. The van der Waals surface area contributed by atoms with Gasteiger partial charge in [-0.05, 0) is 24.6 Å². The van der Waals surface area contributed by atoms with Crippen molar-refractivity contribution in [2.24, 2.45) is 0 Å². The largest absolute Gasteiger partial charge is 0.423 e. The van der Waals surface area contributed by atoms with E-state index >= 15 is 0 Å². The molecule has 2 aliphatic heterocycles. The topological polar surface area (TPSA) is 87.3 Å². The van der Waals surface area contributed by atoms with E-state index in [1.54, 1.807) is 12.3 Å². The first kappa shape index (κ1) is 15.6. The van der Waals surface area contributed by atoms with Crippen LogP contribution in [0.3, 0.4) is 0 Å². The monoisotopic (exact) mass is 360 g/mol. The van der Waals surface area contributed by atoms with Gasteiger partial charge < -0.3 is 9.64 Å². The van der Waals surface area contributed by atoms with E-state index in [1.165, 1.54) is 4.90 Å². The zero-order chi connectivity index (χ0) is 18.4. The number of carbonyl (C=O) groups excluding carboxylic acids is 2. The van der Waals surface area contributed by atoms with Gasteiger partial charge in [0.15, 0.2) is 5.82 Å². The molecule has 1 aromatic heterocycles. The predicted molar refractivity (Wildman–Crippen MR) is 99.3 cm³/mol. The SMILES string of the molecule is O=C1Oc2ccccc2C2CCN(C(=O)Nc3n[nH]c4ccccc34)C=C12. The molecule has 0 saturated heterocycles. The summed E-state index contributed by atoms with van der Waals surface area (Å²) >= 11 is 0. The molecule has 2 aliphatic rings. The third-order valence-corrected chi connectivity index (χ3v) is 5.02. The van der Waals surface area contributed by atoms with Crippen molar-refractivity contribution in [1.29, 1.82) is 0 Å². The Morgan fingerprint density at radius 1 is 1.19 bits per heavy atom. The smallest absolute Gasteiger partial charge is 0.341 e. The van der Waals surface area contributed by atoms with Gasteiger partial charge in [-0.25, -0.2) is 9.59 Å². The van der Waals surface area contributed by atoms with Crippen LogP contribution in [-0.4, -0.2) is 33.6 Å². The van der Waals surface area contributed by atoms with E-state index in [1.807, 2.05) is 42.5 Å². The molecule has 3 heterocycles. The number of hydrogen-bond acceptors (Lipinski definition) is 4. The number of aromatic amines is 1. The molecule has 1 atom stereocenters. The Morgan fingerprint density at radius 3 is 2.93 bits per heavy atom. The maximum absolute atomic E-state index is 12.7. The summed E-state index contributed by atoms with van der Waals surface area (Å²) in [6.07, 6.45) is 2.25. The van der Waals surface area contributed by atoms with Gasteiger partial charge in [0.2, 0.25) is 0 Å². The summed E-state index contributed by atoms with van der Waals surface area (Å²) in [5.74, 6) is 0.623. The van der Waals surface area contributed by atoms with Gasteiger partial charge in [-0.1, -0.05) is 30.3 Å². The van der Waals surface area contributed by atoms with Gasteiger partial charge in [0.1, 0.15) is 5.75 Å². The number of amides is 2. The lowest BCUT2D eigenvalue weighted by Gasteiger charge is -2.33. The van der Waals surface area contributed by atoms with Gasteiger partial charge in [-0.3, -0.25) is 10.4 Å². The van der Waals surface area contributed by atoms with Crippen LogP contribution in [0.25, 0.3) is 10.9 Å². The number of nitrogens with one attached hydrogen (secondary N) is 2. The van der Waals surface area contributed by atoms with Crippen molar-refractivity contribution in [3.8, 4) is 5.75 Å². The molecule has 0 fully saturated rings. The molecule has 2 amide bonds. The minimum absolute atomic E-state index is 0.0438. The number of esters is 1. The first-order valence-electron chi connectivity index (χ1n) is 8.74. The molecule has 1 unspecified atom stereocenters. The van der Waals surface area contributed by atoms with E-state index in [9.17, 15) is 9.59 Å². The highest BCUT2D eigenvalue weighted by atomic mass is 16.5. The Labute approximate surface area is 154 Å². The minimum atomic E-state index is -0.401. The van der Waals surface area contributed by atoms with Crippen LogP contribution in [0.5, 0.6) is 5.75 Å². The fraction of sp³-hybridized carbons (Fsp3) is 0.150. The lowest BCUT2D eigenvalue weighted by atomic mass is 9.84. The molecule has 0 saturated carbocycles. The fourth-order valence-corrected chi connectivity index (χ4v) is 3.68. The Bertz CT molecular complexity index is 1100. The number of urea groups is 1. The number of benzene rings is 2. The van der Waals surface area contributed by atoms with Crippen LogP contribution in [0.4, 0.5) is 10.6 Å². The maximum Gasteiger partial charge on any atom is 0.341 e. The molecule has 7 heteroatoms. The maximum atomic E-state index is 12.7. The number of rotatable bonds is 1. The van der Waals surface area contributed by atoms with Crippen LogP contribution < -0.4 is 10.1 Å². The van der Waals surface area contributed by atoms with Crippen LogP contribution in [0, 0.1) is 0 Å². The van der Waals surface area contributed by atoms with Crippen LogP contribution >= 0.6 is 0 Å².